The summed E-state index contributed by atoms with van der Waals surface area (Å²) in [6.45, 7) is 4.64. The van der Waals surface area contributed by atoms with E-state index in [2.05, 4.69) is 28.5 Å². The topological polar surface area (TPSA) is 27.3 Å². The zero-order chi connectivity index (χ0) is 21.4. The smallest absolute Gasteiger partial charge is 0.171 e. The van der Waals surface area contributed by atoms with Crippen LogP contribution in [0.4, 0.5) is 0 Å². The van der Waals surface area contributed by atoms with Gasteiger partial charge in [0.1, 0.15) is 0 Å². The van der Waals surface area contributed by atoms with Crippen LogP contribution in [0.2, 0.25) is 20.1 Å². The van der Waals surface area contributed by atoms with E-state index in [1.807, 2.05) is 24.3 Å². The molecule has 2 aliphatic heterocycles. The summed E-state index contributed by atoms with van der Waals surface area (Å²) in [6, 6.07) is 10.9. The Labute approximate surface area is 201 Å². The first-order valence-corrected chi connectivity index (χ1v) is 11.4. The molecular formula is C22H19Cl4N3S. The molecule has 0 aromatic heterocycles. The Kier molecular flexibility index (Phi) is 6.64. The maximum Gasteiger partial charge on any atom is 0.171 e. The largest absolute Gasteiger partial charge is 0.352 e. The van der Waals surface area contributed by atoms with Gasteiger partial charge in [0.05, 0.1) is 6.04 Å². The molecule has 1 atom stereocenters. The van der Waals surface area contributed by atoms with Crippen molar-refractivity contribution in [1.29, 1.82) is 0 Å². The van der Waals surface area contributed by atoms with Crippen LogP contribution in [0.1, 0.15) is 24.1 Å². The summed E-state index contributed by atoms with van der Waals surface area (Å²) in [7, 11) is 0. The van der Waals surface area contributed by atoms with Crippen molar-refractivity contribution < 1.29 is 0 Å². The van der Waals surface area contributed by atoms with Gasteiger partial charge in [0.15, 0.2) is 5.11 Å². The summed E-state index contributed by atoms with van der Waals surface area (Å²) in [4.78, 5) is 2.36. The Morgan fingerprint density at radius 2 is 1.73 bits per heavy atom. The molecule has 0 radical (unpaired) electrons. The lowest BCUT2D eigenvalue weighted by Gasteiger charge is -2.40. The molecule has 0 amide bonds. The number of hydrogen-bond donors (Lipinski definition) is 2. The van der Waals surface area contributed by atoms with Crippen molar-refractivity contribution in [3.63, 3.8) is 0 Å². The number of rotatable bonds is 3. The molecule has 0 spiro atoms. The Morgan fingerprint density at radius 1 is 1.03 bits per heavy atom. The Morgan fingerprint density at radius 3 is 2.40 bits per heavy atom. The minimum Gasteiger partial charge on any atom is -0.352 e. The van der Waals surface area contributed by atoms with Gasteiger partial charge in [0, 0.05) is 38.9 Å². The normalized spacial score (nSPS) is 20.8. The third-order valence-corrected chi connectivity index (χ3v) is 6.65. The first-order valence-electron chi connectivity index (χ1n) is 9.49. The Bertz CT molecular complexity index is 1080. The van der Waals surface area contributed by atoms with Crippen molar-refractivity contribution in [2.24, 2.45) is 0 Å². The van der Waals surface area contributed by atoms with E-state index in [1.165, 1.54) is 5.57 Å². The Balaban J connectivity index is 1.84. The minimum absolute atomic E-state index is 0.142. The van der Waals surface area contributed by atoms with Crippen LogP contribution in [0.15, 0.2) is 53.2 Å². The summed E-state index contributed by atoms with van der Waals surface area (Å²) < 4.78 is 0. The molecule has 30 heavy (non-hydrogen) atoms. The second kappa shape index (κ2) is 9.07. The van der Waals surface area contributed by atoms with Gasteiger partial charge in [0.2, 0.25) is 0 Å². The fourth-order valence-corrected chi connectivity index (χ4v) is 5.02. The van der Waals surface area contributed by atoms with E-state index in [-0.39, 0.29) is 6.04 Å². The third kappa shape index (κ3) is 4.50. The Hall–Kier alpha value is -1.27. The summed E-state index contributed by atoms with van der Waals surface area (Å²) in [5.41, 5.74) is 5.16. The van der Waals surface area contributed by atoms with Crippen LogP contribution in [-0.4, -0.2) is 29.6 Å². The molecule has 3 nitrogen and oxygen atoms in total. The minimum atomic E-state index is -0.142. The first kappa shape index (κ1) is 21.9. The standard InChI is InChI=1S/C22H19Cl4N3S/c1-2-29-10-13(7-12-3-4-14(23)8-18(12)25)20-17(11-29)21(28-22(30)27-20)16-6-5-15(24)9-19(16)26/h3-9,21H,2,10-11H2,1H3,(H2,27,28,30)/b13-7+. The summed E-state index contributed by atoms with van der Waals surface area (Å²) in [6.07, 6.45) is 2.09. The maximum absolute atomic E-state index is 6.54. The summed E-state index contributed by atoms with van der Waals surface area (Å²) in [5, 5.41) is 9.73. The molecule has 0 saturated heterocycles. The van der Waals surface area contributed by atoms with Gasteiger partial charge in [0.25, 0.3) is 0 Å². The molecule has 1 unspecified atom stereocenters. The van der Waals surface area contributed by atoms with Crippen molar-refractivity contribution >= 4 is 69.8 Å². The van der Waals surface area contributed by atoms with E-state index in [1.54, 1.807) is 12.1 Å². The van der Waals surface area contributed by atoms with Crippen LogP contribution < -0.4 is 10.6 Å². The molecular weight excluding hydrogens is 480 g/mol. The van der Waals surface area contributed by atoms with E-state index in [0.29, 0.717) is 25.2 Å². The number of halogens is 4. The van der Waals surface area contributed by atoms with Gasteiger partial charge in [-0.2, -0.15) is 0 Å². The van der Waals surface area contributed by atoms with Gasteiger partial charge in [-0.1, -0.05) is 65.5 Å². The molecule has 156 valence electrons. The van der Waals surface area contributed by atoms with Gasteiger partial charge < -0.3 is 10.6 Å². The van der Waals surface area contributed by atoms with Crippen molar-refractivity contribution in [2.45, 2.75) is 13.0 Å². The number of likely N-dealkylation sites (N-methyl/N-ethyl adjacent to an activating group) is 1. The molecule has 0 bridgehead atoms. The molecule has 2 aromatic carbocycles. The van der Waals surface area contributed by atoms with E-state index < -0.39 is 0 Å². The van der Waals surface area contributed by atoms with Gasteiger partial charge in [-0.25, -0.2) is 0 Å². The average molecular weight is 499 g/mol. The highest BCUT2D eigenvalue weighted by molar-refractivity contribution is 7.80. The molecule has 2 heterocycles. The highest BCUT2D eigenvalue weighted by atomic mass is 35.5. The lowest BCUT2D eigenvalue weighted by molar-refractivity contribution is 0.316. The first-order chi connectivity index (χ1) is 14.4. The molecule has 2 aromatic rings. The molecule has 0 saturated carbocycles. The van der Waals surface area contributed by atoms with Crippen LogP contribution in [0.25, 0.3) is 6.08 Å². The predicted molar refractivity (Wildman–Crippen MR) is 132 cm³/mol. The van der Waals surface area contributed by atoms with Gasteiger partial charge in [-0.3, -0.25) is 4.90 Å². The van der Waals surface area contributed by atoms with Crippen molar-refractivity contribution in [3.05, 3.63) is 84.5 Å². The van der Waals surface area contributed by atoms with Gasteiger partial charge in [-0.05, 0) is 71.4 Å². The number of thiocarbonyl (C=S) groups is 1. The number of benzene rings is 2. The summed E-state index contributed by atoms with van der Waals surface area (Å²) >= 11 is 30.7. The number of nitrogens with zero attached hydrogens (tertiary/aromatic N) is 1. The van der Waals surface area contributed by atoms with Gasteiger partial charge >= 0.3 is 0 Å². The highest BCUT2D eigenvalue weighted by Gasteiger charge is 2.33. The highest BCUT2D eigenvalue weighted by Crippen LogP contribution is 2.38. The van der Waals surface area contributed by atoms with E-state index in [0.717, 1.165) is 42.0 Å². The van der Waals surface area contributed by atoms with Crippen molar-refractivity contribution in [1.82, 2.24) is 15.5 Å². The summed E-state index contributed by atoms with van der Waals surface area (Å²) in [5.74, 6) is 0. The van der Waals surface area contributed by atoms with Crippen LogP contribution in [0.5, 0.6) is 0 Å². The number of nitrogens with one attached hydrogen (secondary N) is 2. The van der Waals surface area contributed by atoms with E-state index in [4.69, 9.17) is 58.6 Å². The van der Waals surface area contributed by atoms with Gasteiger partial charge in [-0.15, -0.1) is 0 Å². The van der Waals surface area contributed by atoms with Crippen LogP contribution in [0, 0.1) is 0 Å². The van der Waals surface area contributed by atoms with Crippen LogP contribution >= 0.6 is 58.6 Å². The molecule has 4 rings (SSSR count). The van der Waals surface area contributed by atoms with Crippen LogP contribution in [0.3, 0.4) is 0 Å². The molecule has 0 fully saturated rings. The monoisotopic (exact) mass is 497 g/mol. The third-order valence-electron chi connectivity index (χ3n) is 5.31. The zero-order valence-electron chi connectivity index (χ0n) is 16.1. The average Bonchev–Trinajstić information content (AvgIpc) is 2.70. The molecule has 2 aliphatic rings. The van der Waals surface area contributed by atoms with E-state index >= 15 is 0 Å². The van der Waals surface area contributed by atoms with E-state index in [9.17, 15) is 0 Å². The lowest BCUT2D eigenvalue weighted by Crippen LogP contribution is -2.50. The van der Waals surface area contributed by atoms with Crippen molar-refractivity contribution in [2.75, 3.05) is 19.6 Å². The molecule has 8 heteroatoms. The van der Waals surface area contributed by atoms with Crippen molar-refractivity contribution in [3.8, 4) is 0 Å². The maximum atomic E-state index is 6.54. The fraction of sp³-hybridized carbons (Fsp3) is 0.227. The zero-order valence-corrected chi connectivity index (χ0v) is 19.9. The SMILES string of the molecule is CCN1CC2=C(NC(=S)NC2c2ccc(Cl)cc2Cl)/C(=C/c2ccc(Cl)cc2Cl)C1. The molecule has 2 N–H and O–H groups in total. The predicted octanol–water partition coefficient (Wildman–Crippen LogP) is 6.49. The quantitative estimate of drug-likeness (QED) is 0.472. The molecule has 0 aliphatic carbocycles. The fourth-order valence-electron chi connectivity index (χ4n) is 3.81. The van der Waals surface area contributed by atoms with Crippen LogP contribution in [-0.2, 0) is 0 Å². The second-order valence-electron chi connectivity index (χ2n) is 7.24. The number of hydrogen-bond acceptors (Lipinski definition) is 2. The second-order valence-corrected chi connectivity index (χ2v) is 9.33. The lowest BCUT2D eigenvalue weighted by atomic mass is 9.89.